The highest BCUT2D eigenvalue weighted by Gasteiger charge is 2.38. The van der Waals surface area contributed by atoms with Crippen LogP contribution in [0.4, 0.5) is 13.2 Å². The lowest BCUT2D eigenvalue weighted by molar-refractivity contribution is -0.201. The molecule has 1 aromatic rings. The van der Waals surface area contributed by atoms with Crippen molar-refractivity contribution in [3.63, 3.8) is 0 Å². The minimum absolute atomic E-state index is 0.109. The quantitative estimate of drug-likeness (QED) is 0.884. The highest BCUT2D eigenvalue weighted by Crippen LogP contribution is 2.23. The van der Waals surface area contributed by atoms with E-state index >= 15 is 0 Å². The van der Waals surface area contributed by atoms with E-state index in [-0.39, 0.29) is 10.6 Å². The SMILES string of the molecule is O=C(NCC(O)C(F)(F)F)c1ccc(Br)c(Cl)c1. The average molecular weight is 347 g/mol. The zero-order chi connectivity index (χ0) is 13.9. The smallest absolute Gasteiger partial charge is 0.382 e. The second-order valence-electron chi connectivity index (χ2n) is 3.40. The Hall–Kier alpha value is -0.790. The Morgan fingerprint density at radius 2 is 2.11 bits per heavy atom. The van der Waals surface area contributed by atoms with E-state index in [2.05, 4.69) is 15.9 Å². The minimum atomic E-state index is -4.76. The fraction of sp³-hybridized carbons (Fsp3) is 0.300. The fourth-order valence-electron chi connectivity index (χ4n) is 1.04. The summed E-state index contributed by atoms with van der Waals surface area (Å²) in [6, 6.07) is 4.20. The van der Waals surface area contributed by atoms with Gasteiger partial charge in [-0.05, 0) is 34.1 Å². The summed E-state index contributed by atoms with van der Waals surface area (Å²) in [6.45, 7) is -0.907. The van der Waals surface area contributed by atoms with Gasteiger partial charge in [0.2, 0.25) is 0 Å². The van der Waals surface area contributed by atoms with Gasteiger partial charge in [-0.2, -0.15) is 13.2 Å². The third-order valence-electron chi connectivity index (χ3n) is 2.02. The second kappa shape index (κ2) is 5.90. The molecule has 0 saturated heterocycles. The van der Waals surface area contributed by atoms with Crippen molar-refractivity contribution in [1.29, 1.82) is 0 Å². The number of rotatable bonds is 3. The molecule has 1 rings (SSSR count). The highest BCUT2D eigenvalue weighted by molar-refractivity contribution is 9.10. The van der Waals surface area contributed by atoms with Crippen LogP contribution in [0.2, 0.25) is 5.02 Å². The number of nitrogens with one attached hydrogen (secondary N) is 1. The number of carbonyl (C=O) groups is 1. The Bertz CT molecular complexity index is 453. The molecule has 100 valence electrons. The summed E-state index contributed by atoms with van der Waals surface area (Å²) in [4.78, 5) is 11.5. The van der Waals surface area contributed by atoms with Crippen molar-refractivity contribution >= 4 is 33.4 Å². The molecule has 1 amide bonds. The zero-order valence-electron chi connectivity index (χ0n) is 8.76. The summed E-state index contributed by atoms with van der Waals surface area (Å²) in [5.41, 5.74) is 0.109. The van der Waals surface area contributed by atoms with E-state index in [1.165, 1.54) is 18.2 Å². The van der Waals surface area contributed by atoms with Crippen molar-refractivity contribution in [1.82, 2.24) is 5.32 Å². The van der Waals surface area contributed by atoms with E-state index in [1.54, 1.807) is 0 Å². The van der Waals surface area contributed by atoms with Gasteiger partial charge in [0.05, 0.1) is 11.6 Å². The van der Waals surface area contributed by atoms with Gasteiger partial charge in [-0.1, -0.05) is 11.6 Å². The predicted molar refractivity (Wildman–Crippen MR) is 63.5 cm³/mol. The molecular weight excluding hydrogens is 338 g/mol. The summed E-state index contributed by atoms with van der Waals surface area (Å²) in [5, 5.41) is 10.9. The number of carbonyl (C=O) groups excluding carboxylic acids is 1. The fourth-order valence-corrected chi connectivity index (χ4v) is 1.47. The van der Waals surface area contributed by atoms with E-state index in [9.17, 15) is 18.0 Å². The van der Waals surface area contributed by atoms with Crippen LogP contribution in [0.3, 0.4) is 0 Å². The Labute approximate surface area is 114 Å². The number of hydrogen-bond acceptors (Lipinski definition) is 2. The van der Waals surface area contributed by atoms with Gasteiger partial charge in [-0.3, -0.25) is 4.79 Å². The summed E-state index contributed by atoms with van der Waals surface area (Å²) in [6.07, 6.45) is -7.35. The van der Waals surface area contributed by atoms with Crippen LogP contribution in [-0.4, -0.2) is 29.8 Å². The summed E-state index contributed by atoms with van der Waals surface area (Å²) >= 11 is 8.85. The maximum absolute atomic E-state index is 12.0. The molecule has 0 aliphatic carbocycles. The Kier molecular flexibility index (Phi) is 5.01. The van der Waals surface area contributed by atoms with E-state index in [0.29, 0.717) is 4.47 Å². The molecule has 1 atom stereocenters. The number of benzene rings is 1. The van der Waals surface area contributed by atoms with E-state index < -0.39 is 24.7 Å². The number of halogens is 5. The van der Waals surface area contributed by atoms with Crippen molar-refractivity contribution in [3.05, 3.63) is 33.3 Å². The second-order valence-corrected chi connectivity index (χ2v) is 4.66. The van der Waals surface area contributed by atoms with E-state index in [1.807, 2.05) is 5.32 Å². The molecule has 0 spiro atoms. The normalized spacial score (nSPS) is 13.2. The van der Waals surface area contributed by atoms with Crippen molar-refractivity contribution in [3.8, 4) is 0 Å². The third-order valence-corrected chi connectivity index (χ3v) is 3.25. The number of hydrogen-bond donors (Lipinski definition) is 2. The van der Waals surface area contributed by atoms with Gasteiger partial charge in [-0.15, -0.1) is 0 Å². The zero-order valence-corrected chi connectivity index (χ0v) is 11.1. The first-order chi connectivity index (χ1) is 8.21. The van der Waals surface area contributed by atoms with Gasteiger partial charge < -0.3 is 10.4 Å². The highest BCUT2D eigenvalue weighted by atomic mass is 79.9. The number of aliphatic hydroxyl groups excluding tert-OH is 1. The van der Waals surface area contributed by atoms with Crippen LogP contribution in [-0.2, 0) is 0 Å². The molecule has 0 bridgehead atoms. The van der Waals surface area contributed by atoms with Crippen LogP contribution in [0.1, 0.15) is 10.4 Å². The number of aliphatic hydroxyl groups is 1. The topological polar surface area (TPSA) is 49.3 Å². The van der Waals surface area contributed by atoms with Gasteiger partial charge in [0, 0.05) is 10.0 Å². The molecule has 2 N–H and O–H groups in total. The van der Waals surface area contributed by atoms with Crippen LogP contribution in [0.15, 0.2) is 22.7 Å². The van der Waals surface area contributed by atoms with Crippen LogP contribution in [0.25, 0.3) is 0 Å². The summed E-state index contributed by atoms with van der Waals surface area (Å²) in [7, 11) is 0. The standard InChI is InChI=1S/C10H8BrClF3NO2/c11-6-2-1-5(3-7(6)12)9(18)16-4-8(17)10(13,14)15/h1-3,8,17H,4H2,(H,16,18). The lowest BCUT2D eigenvalue weighted by Crippen LogP contribution is -2.40. The molecule has 1 aromatic carbocycles. The van der Waals surface area contributed by atoms with Gasteiger partial charge in [0.1, 0.15) is 0 Å². The molecule has 0 fully saturated rings. The van der Waals surface area contributed by atoms with Gasteiger partial charge in [0.15, 0.2) is 6.10 Å². The van der Waals surface area contributed by atoms with E-state index in [4.69, 9.17) is 16.7 Å². The van der Waals surface area contributed by atoms with Crippen LogP contribution in [0, 0.1) is 0 Å². The molecule has 1 unspecified atom stereocenters. The average Bonchev–Trinajstić information content (AvgIpc) is 2.27. The monoisotopic (exact) mass is 345 g/mol. The van der Waals surface area contributed by atoms with Gasteiger partial charge >= 0.3 is 6.18 Å². The third kappa shape index (κ3) is 4.15. The lowest BCUT2D eigenvalue weighted by Gasteiger charge is -2.15. The molecule has 18 heavy (non-hydrogen) atoms. The molecule has 0 heterocycles. The Morgan fingerprint density at radius 1 is 1.50 bits per heavy atom. The first-order valence-electron chi connectivity index (χ1n) is 4.70. The minimum Gasteiger partial charge on any atom is -0.382 e. The maximum atomic E-state index is 12.0. The van der Waals surface area contributed by atoms with Crippen molar-refractivity contribution < 1.29 is 23.1 Å². The van der Waals surface area contributed by atoms with Crippen molar-refractivity contribution in [2.45, 2.75) is 12.3 Å². The molecule has 0 saturated carbocycles. The first-order valence-corrected chi connectivity index (χ1v) is 5.87. The molecule has 0 aliphatic heterocycles. The number of amides is 1. The van der Waals surface area contributed by atoms with Crippen LogP contribution >= 0.6 is 27.5 Å². The lowest BCUT2D eigenvalue weighted by atomic mass is 10.2. The van der Waals surface area contributed by atoms with Crippen molar-refractivity contribution in [2.75, 3.05) is 6.54 Å². The Morgan fingerprint density at radius 3 is 2.61 bits per heavy atom. The van der Waals surface area contributed by atoms with Crippen molar-refractivity contribution in [2.24, 2.45) is 0 Å². The molecule has 0 radical (unpaired) electrons. The molecule has 8 heteroatoms. The molecule has 0 aromatic heterocycles. The molecule has 3 nitrogen and oxygen atoms in total. The Balaban J connectivity index is 2.63. The number of alkyl halides is 3. The van der Waals surface area contributed by atoms with Crippen LogP contribution < -0.4 is 5.32 Å². The van der Waals surface area contributed by atoms with Crippen LogP contribution in [0.5, 0.6) is 0 Å². The predicted octanol–water partition coefficient (Wildman–Crippen LogP) is 2.76. The van der Waals surface area contributed by atoms with E-state index in [0.717, 1.165) is 0 Å². The summed E-state index contributed by atoms with van der Waals surface area (Å²) in [5.74, 6) is -0.743. The maximum Gasteiger partial charge on any atom is 0.416 e. The van der Waals surface area contributed by atoms with Gasteiger partial charge in [-0.25, -0.2) is 0 Å². The summed E-state index contributed by atoms with van der Waals surface area (Å²) < 4.78 is 36.5. The first kappa shape index (κ1) is 15.3. The largest absolute Gasteiger partial charge is 0.416 e. The van der Waals surface area contributed by atoms with Gasteiger partial charge in [0.25, 0.3) is 5.91 Å². The molecule has 0 aliphatic rings. The molecular formula is C10H8BrClF3NO2.